The molecule has 22 heavy (non-hydrogen) atoms. The van der Waals surface area contributed by atoms with E-state index in [2.05, 4.69) is 24.8 Å². The Labute approximate surface area is 139 Å². The summed E-state index contributed by atoms with van der Waals surface area (Å²) in [5.74, 6) is 0. The van der Waals surface area contributed by atoms with E-state index in [1.165, 1.54) is 102 Å². The number of allylic oxidation sites excluding steroid dienone is 2. The van der Waals surface area contributed by atoms with Crippen molar-refractivity contribution in [3.63, 3.8) is 0 Å². The van der Waals surface area contributed by atoms with Crippen molar-refractivity contribution < 1.29 is 0 Å². The number of hydrogen-bond donors (Lipinski definition) is 0. The molecule has 2 aliphatic rings. The highest BCUT2D eigenvalue weighted by atomic mass is 15.2. The van der Waals surface area contributed by atoms with Gasteiger partial charge in [0.15, 0.2) is 0 Å². The first-order chi connectivity index (χ1) is 10.8. The van der Waals surface area contributed by atoms with E-state index in [0.29, 0.717) is 0 Å². The van der Waals surface area contributed by atoms with Gasteiger partial charge in [0.2, 0.25) is 0 Å². The van der Waals surface area contributed by atoms with E-state index in [-0.39, 0.29) is 0 Å². The standard InChI is InChI=1S/C21H39N/c1-19(2)13-7-3-4-12-18-22(20-14-8-5-9-15-20)21-16-10-6-11-17-21/h13,20-21H,3-12,14-18H2,1-2H3. The van der Waals surface area contributed by atoms with Crippen molar-refractivity contribution in [1.82, 2.24) is 4.90 Å². The average Bonchev–Trinajstić information content (AvgIpc) is 2.55. The van der Waals surface area contributed by atoms with E-state index in [9.17, 15) is 0 Å². The van der Waals surface area contributed by atoms with Gasteiger partial charge in [0, 0.05) is 12.1 Å². The van der Waals surface area contributed by atoms with Gasteiger partial charge in [-0.25, -0.2) is 0 Å². The minimum Gasteiger partial charge on any atom is -0.297 e. The van der Waals surface area contributed by atoms with Crippen molar-refractivity contribution >= 4 is 0 Å². The van der Waals surface area contributed by atoms with Gasteiger partial charge in [0.1, 0.15) is 0 Å². The van der Waals surface area contributed by atoms with Crippen LogP contribution in [0.25, 0.3) is 0 Å². The van der Waals surface area contributed by atoms with Gasteiger partial charge < -0.3 is 0 Å². The molecule has 0 aromatic heterocycles. The molecule has 128 valence electrons. The van der Waals surface area contributed by atoms with Crippen LogP contribution in [0.15, 0.2) is 11.6 Å². The summed E-state index contributed by atoms with van der Waals surface area (Å²) >= 11 is 0. The molecule has 1 heteroatoms. The van der Waals surface area contributed by atoms with E-state index in [1.807, 2.05) is 0 Å². The molecule has 0 radical (unpaired) electrons. The second kappa shape index (κ2) is 10.5. The molecule has 0 amide bonds. The summed E-state index contributed by atoms with van der Waals surface area (Å²) in [6.45, 7) is 5.81. The quantitative estimate of drug-likeness (QED) is 0.366. The molecule has 0 aromatic rings. The Bertz CT molecular complexity index is 286. The van der Waals surface area contributed by atoms with E-state index in [1.54, 1.807) is 0 Å². The summed E-state index contributed by atoms with van der Waals surface area (Å²) in [7, 11) is 0. The minimum absolute atomic E-state index is 0.926. The van der Waals surface area contributed by atoms with Gasteiger partial charge in [0.25, 0.3) is 0 Å². The highest BCUT2D eigenvalue weighted by molar-refractivity contribution is 4.92. The third-order valence-corrected chi connectivity index (χ3v) is 5.76. The Morgan fingerprint density at radius 1 is 0.773 bits per heavy atom. The Balaban J connectivity index is 1.75. The fourth-order valence-corrected chi connectivity index (χ4v) is 4.49. The summed E-state index contributed by atoms with van der Waals surface area (Å²) in [5, 5.41) is 0. The van der Waals surface area contributed by atoms with Crippen LogP contribution in [0, 0.1) is 0 Å². The Hall–Kier alpha value is -0.300. The van der Waals surface area contributed by atoms with E-state index in [0.717, 1.165) is 12.1 Å². The Morgan fingerprint density at radius 3 is 1.82 bits per heavy atom. The summed E-state index contributed by atoms with van der Waals surface area (Å²) in [4.78, 5) is 2.97. The van der Waals surface area contributed by atoms with Crippen LogP contribution >= 0.6 is 0 Å². The summed E-state index contributed by atoms with van der Waals surface area (Å²) in [6.07, 6.45) is 22.7. The minimum atomic E-state index is 0.926. The Morgan fingerprint density at radius 2 is 1.32 bits per heavy atom. The highest BCUT2D eigenvalue weighted by Gasteiger charge is 2.28. The first kappa shape index (κ1) is 18.0. The number of nitrogens with zero attached hydrogens (tertiary/aromatic N) is 1. The van der Waals surface area contributed by atoms with Crippen molar-refractivity contribution in [2.75, 3.05) is 6.54 Å². The zero-order chi connectivity index (χ0) is 15.6. The van der Waals surface area contributed by atoms with Crippen molar-refractivity contribution in [1.29, 1.82) is 0 Å². The van der Waals surface area contributed by atoms with Crippen LogP contribution in [0.4, 0.5) is 0 Å². The molecule has 1 nitrogen and oxygen atoms in total. The molecule has 0 aliphatic heterocycles. The number of rotatable bonds is 8. The maximum atomic E-state index is 2.97. The number of unbranched alkanes of at least 4 members (excludes halogenated alkanes) is 3. The van der Waals surface area contributed by atoms with Crippen molar-refractivity contribution in [3.8, 4) is 0 Å². The maximum Gasteiger partial charge on any atom is 0.00981 e. The van der Waals surface area contributed by atoms with Gasteiger partial charge >= 0.3 is 0 Å². The lowest BCUT2D eigenvalue weighted by atomic mass is 9.88. The Kier molecular flexibility index (Phi) is 8.59. The van der Waals surface area contributed by atoms with Crippen LogP contribution < -0.4 is 0 Å². The average molecular weight is 306 g/mol. The zero-order valence-corrected chi connectivity index (χ0v) is 15.3. The molecule has 0 spiro atoms. The topological polar surface area (TPSA) is 3.24 Å². The van der Waals surface area contributed by atoms with Gasteiger partial charge in [-0.3, -0.25) is 4.90 Å². The molecule has 0 saturated heterocycles. The number of hydrogen-bond acceptors (Lipinski definition) is 1. The third kappa shape index (κ3) is 6.44. The van der Waals surface area contributed by atoms with Crippen molar-refractivity contribution in [2.24, 2.45) is 0 Å². The maximum absolute atomic E-state index is 2.97. The fraction of sp³-hybridized carbons (Fsp3) is 0.905. The second-order valence-electron chi connectivity index (χ2n) is 7.95. The smallest absolute Gasteiger partial charge is 0.00981 e. The van der Waals surface area contributed by atoms with Crippen LogP contribution in [-0.2, 0) is 0 Å². The van der Waals surface area contributed by atoms with Gasteiger partial charge in [-0.2, -0.15) is 0 Å². The summed E-state index contributed by atoms with van der Waals surface area (Å²) in [5.41, 5.74) is 1.48. The first-order valence-electron chi connectivity index (χ1n) is 10.2. The molecule has 0 N–H and O–H groups in total. The van der Waals surface area contributed by atoms with Crippen molar-refractivity contribution in [2.45, 2.75) is 116 Å². The predicted octanol–water partition coefficient (Wildman–Crippen LogP) is 6.48. The van der Waals surface area contributed by atoms with Gasteiger partial charge in [-0.1, -0.05) is 56.6 Å². The van der Waals surface area contributed by atoms with Gasteiger partial charge in [0.05, 0.1) is 0 Å². The monoisotopic (exact) mass is 305 g/mol. The molecule has 2 aliphatic carbocycles. The molecular weight excluding hydrogens is 266 g/mol. The lowest BCUT2D eigenvalue weighted by Gasteiger charge is -2.41. The summed E-state index contributed by atoms with van der Waals surface area (Å²) in [6, 6.07) is 1.85. The van der Waals surface area contributed by atoms with Crippen LogP contribution in [0.2, 0.25) is 0 Å². The van der Waals surface area contributed by atoms with Crippen LogP contribution in [0.5, 0.6) is 0 Å². The lowest BCUT2D eigenvalue weighted by molar-refractivity contribution is 0.0789. The molecule has 0 unspecified atom stereocenters. The molecule has 0 bridgehead atoms. The van der Waals surface area contributed by atoms with Crippen molar-refractivity contribution in [3.05, 3.63) is 11.6 Å². The van der Waals surface area contributed by atoms with Gasteiger partial charge in [-0.05, 0) is 65.3 Å². The second-order valence-corrected chi connectivity index (χ2v) is 7.95. The predicted molar refractivity (Wildman–Crippen MR) is 98.4 cm³/mol. The largest absolute Gasteiger partial charge is 0.297 e. The third-order valence-electron chi connectivity index (χ3n) is 5.76. The van der Waals surface area contributed by atoms with E-state index < -0.39 is 0 Å². The molecule has 2 fully saturated rings. The summed E-state index contributed by atoms with van der Waals surface area (Å²) < 4.78 is 0. The van der Waals surface area contributed by atoms with Gasteiger partial charge in [-0.15, -0.1) is 0 Å². The molecule has 2 rings (SSSR count). The molecule has 0 heterocycles. The normalized spacial score (nSPS) is 21.2. The molecule has 2 saturated carbocycles. The SMILES string of the molecule is CC(C)=CCCCCCN(C1CCCCC1)C1CCCCC1. The highest BCUT2D eigenvalue weighted by Crippen LogP contribution is 2.30. The van der Waals surface area contributed by atoms with Crippen LogP contribution in [-0.4, -0.2) is 23.5 Å². The van der Waals surface area contributed by atoms with E-state index in [4.69, 9.17) is 0 Å². The van der Waals surface area contributed by atoms with Crippen LogP contribution in [0.1, 0.15) is 104 Å². The first-order valence-corrected chi connectivity index (χ1v) is 10.2. The van der Waals surface area contributed by atoms with E-state index >= 15 is 0 Å². The lowest BCUT2D eigenvalue weighted by Crippen LogP contribution is -2.45. The fourth-order valence-electron chi connectivity index (χ4n) is 4.49. The zero-order valence-electron chi connectivity index (χ0n) is 15.3. The molecule has 0 aromatic carbocycles. The molecular formula is C21H39N. The molecule has 0 atom stereocenters. The van der Waals surface area contributed by atoms with Crippen LogP contribution in [0.3, 0.4) is 0 Å².